The lowest BCUT2D eigenvalue weighted by Crippen LogP contribution is -2.33. The highest BCUT2D eigenvalue weighted by atomic mass is 19.4. The predicted octanol–water partition coefficient (Wildman–Crippen LogP) is 5.43. The van der Waals surface area contributed by atoms with Gasteiger partial charge in [-0.2, -0.15) is 13.2 Å². The first-order valence-corrected chi connectivity index (χ1v) is 14.4. The van der Waals surface area contributed by atoms with Crippen LogP contribution in [-0.4, -0.2) is 76.5 Å². The summed E-state index contributed by atoms with van der Waals surface area (Å²) in [6.07, 6.45) is 3.85. The van der Waals surface area contributed by atoms with Gasteiger partial charge in [0.2, 0.25) is 0 Å². The average Bonchev–Trinajstić information content (AvgIpc) is 2.99. The van der Waals surface area contributed by atoms with Crippen molar-refractivity contribution in [2.45, 2.75) is 51.1 Å². The Hall–Kier alpha value is -3.57. The fraction of sp³-hybridized carbons (Fsp3) is 0.484. The van der Waals surface area contributed by atoms with Gasteiger partial charge in [-0.05, 0) is 68.8 Å². The van der Waals surface area contributed by atoms with Gasteiger partial charge in [0.05, 0.1) is 18.2 Å². The van der Waals surface area contributed by atoms with E-state index in [9.17, 15) is 23.1 Å². The van der Waals surface area contributed by atoms with Crippen LogP contribution in [0.4, 0.5) is 19.0 Å². The number of carboxylic acids is 1. The Morgan fingerprint density at radius 1 is 1.10 bits per heavy atom. The smallest absolute Gasteiger partial charge is 0.411 e. The minimum atomic E-state index is -4.38. The van der Waals surface area contributed by atoms with E-state index in [-0.39, 0.29) is 19.6 Å². The number of aliphatic carboxylic acids is 1. The fourth-order valence-electron chi connectivity index (χ4n) is 5.13. The molecular formula is C31H38F3N5O3. The molecule has 226 valence electrons. The second kappa shape index (κ2) is 15.6. The standard InChI is InChI=1S/C31H38F3N5O3/c32-31(33,34)21-42-18-17-39(15-5-4-10-26-12-11-24-9-6-14-36-29(24)38-26)16-13-25(30(40)41)19-28-27(20-35-22-37-28)23-7-2-1-3-8-23/h1-3,7-8,11-12,20,22,25H,4-6,9-10,13-19,21H2,(H,36,38)(H,40,41)/t25-/m1/s1. The highest BCUT2D eigenvalue weighted by Gasteiger charge is 2.27. The highest BCUT2D eigenvalue weighted by molar-refractivity contribution is 5.71. The number of aryl methyl sites for hydroxylation is 2. The van der Waals surface area contributed by atoms with Crippen LogP contribution in [0.2, 0.25) is 0 Å². The molecule has 0 radical (unpaired) electrons. The van der Waals surface area contributed by atoms with E-state index >= 15 is 0 Å². The van der Waals surface area contributed by atoms with Gasteiger partial charge in [0.1, 0.15) is 18.8 Å². The SMILES string of the molecule is O=C(O)[C@H](CCN(CCCCc1ccc2c(n1)NCCC2)CCOCC(F)(F)F)Cc1ncncc1-c1ccccc1. The lowest BCUT2D eigenvalue weighted by Gasteiger charge is -2.24. The van der Waals surface area contributed by atoms with E-state index < -0.39 is 24.7 Å². The first-order chi connectivity index (χ1) is 20.3. The molecule has 1 aromatic carbocycles. The van der Waals surface area contributed by atoms with E-state index in [4.69, 9.17) is 9.72 Å². The quantitative estimate of drug-likeness (QED) is 0.215. The summed E-state index contributed by atoms with van der Waals surface area (Å²) in [5.74, 6) is -0.692. The lowest BCUT2D eigenvalue weighted by atomic mass is 9.94. The molecule has 2 aromatic heterocycles. The molecule has 0 saturated heterocycles. The highest BCUT2D eigenvalue weighted by Crippen LogP contribution is 2.25. The predicted molar refractivity (Wildman–Crippen MR) is 154 cm³/mol. The third-order valence-corrected chi connectivity index (χ3v) is 7.39. The number of halogens is 3. The van der Waals surface area contributed by atoms with E-state index in [1.165, 1.54) is 11.9 Å². The number of hydrogen-bond donors (Lipinski definition) is 2. The maximum absolute atomic E-state index is 12.6. The number of nitrogens with one attached hydrogen (secondary N) is 1. The van der Waals surface area contributed by atoms with Crippen molar-refractivity contribution in [1.29, 1.82) is 0 Å². The van der Waals surface area contributed by atoms with E-state index in [0.29, 0.717) is 25.2 Å². The number of fused-ring (bicyclic) bond motifs is 1. The summed E-state index contributed by atoms with van der Waals surface area (Å²) in [4.78, 5) is 27.5. The Balaban J connectivity index is 1.33. The van der Waals surface area contributed by atoms with Gasteiger partial charge in [0.25, 0.3) is 0 Å². The zero-order valence-electron chi connectivity index (χ0n) is 23.7. The van der Waals surface area contributed by atoms with E-state index in [0.717, 1.165) is 61.3 Å². The number of rotatable bonds is 16. The van der Waals surface area contributed by atoms with Crippen LogP contribution in [0.25, 0.3) is 11.1 Å². The summed E-state index contributed by atoms with van der Waals surface area (Å²) in [6, 6.07) is 13.7. The number of aromatic nitrogens is 3. The van der Waals surface area contributed by atoms with Crippen LogP contribution >= 0.6 is 0 Å². The van der Waals surface area contributed by atoms with Gasteiger partial charge in [-0.15, -0.1) is 0 Å². The van der Waals surface area contributed by atoms with Crippen molar-refractivity contribution in [2.75, 3.05) is 44.7 Å². The number of carboxylic acid groups (broad SMARTS) is 1. The van der Waals surface area contributed by atoms with E-state index in [1.54, 1.807) is 6.20 Å². The zero-order chi connectivity index (χ0) is 29.8. The average molecular weight is 586 g/mol. The van der Waals surface area contributed by atoms with Crippen LogP contribution in [0.5, 0.6) is 0 Å². The Kier molecular flexibility index (Phi) is 11.7. The molecular weight excluding hydrogens is 547 g/mol. The number of unbranched alkanes of at least 4 members (excludes halogenated alkanes) is 1. The van der Waals surface area contributed by atoms with E-state index in [1.807, 2.05) is 35.2 Å². The monoisotopic (exact) mass is 585 g/mol. The number of ether oxygens (including phenoxy) is 1. The number of anilines is 1. The third kappa shape index (κ3) is 10.1. The first kappa shape index (κ1) is 31.4. The molecule has 1 aliphatic heterocycles. The van der Waals surface area contributed by atoms with Crippen molar-refractivity contribution in [1.82, 2.24) is 19.9 Å². The van der Waals surface area contributed by atoms with Crippen molar-refractivity contribution in [2.24, 2.45) is 5.92 Å². The van der Waals surface area contributed by atoms with Crippen molar-refractivity contribution in [3.63, 3.8) is 0 Å². The molecule has 0 unspecified atom stereocenters. The number of benzene rings is 1. The molecule has 3 heterocycles. The molecule has 8 nitrogen and oxygen atoms in total. The summed E-state index contributed by atoms with van der Waals surface area (Å²) < 4.78 is 42.6. The second-order valence-electron chi connectivity index (χ2n) is 10.6. The Morgan fingerprint density at radius 3 is 2.71 bits per heavy atom. The molecule has 1 aliphatic rings. The summed E-state index contributed by atoms with van der Waals surface area (Å²) >= 11 is 0. The van der Waals surface area contributed by atoms with Gasteiger partial charge in [0.15, 0.2) is 0 Å². The molecule has 11 heteroatoms. The molecule has 0 saturated carbocycles. The van der Waals surface area contributed by atoms with Gasteiger partial charge in [-0.1, -0.05) is 36.4 Å². The second-order valence-corrected chi connectivity index (χ2v) is 10.6. The maximum Gasteiger partial charge on any atom is 0.411 e. The minimum Gasteiger partial charge on any atom is -0.481 e. The molecule has 3 aromatic rings. The van der Waals surface area contributed by atoms with Gasteiger partial charge in [-0.3, -0.25) is 4.79 Å². The van der Waals surface area contributed by atoms with Crippen LogP contribution in [0.1, 0.15) is 42.6 Å². The summed E-state index contributed by atoms with van der Waals surface area (Å²) in [5.41, 5.74) is 4.59. The topological polar surface area (TPSA) is 100 Å². The van der Waals surface area contributed by atoms with Crippen LogP contribution in [0, 0.1) is 5.92 Å². The summed E-state index contributed by atoms with van der Waals surface area (Å²) in [7, 11) is 0. The number of pyridine rings is 1. The molecule has 0 spiro atoms. The van der Waals surface area contributed by atoms with Gasteiger partial charge < -0.3 is 20.1 Å². The molecule has 2 N–H and O–H groups in total. The Morgan fingerprint density at radius 2 is 1.93 bits per heavy atom. The number of carbonyl (C=O) groups is 1. The van der Waals surface area contributed by atoms with E-state index in [2.05, 4.69) is 27.4 Å². The largest absolute Gasteiger partial charge is 0.481 e. The molecule has 4 rings (SSSR count). The number of hydrogen-bond acceptors (Lipinski definition) is 7. The fourth-order valence-corrected chi connectivity index (χ4v) is 5.13. The lowest BCUT2D eigenvalue weighted by molar-refractivity contribution is -0.174. The van der Waals surface area contributed by atoms with Crippen molar-refractivity contribution in [3.8, 4) is 11.1 Å². The Labute approximate surface area is 244 Å². The molecule has 0 fully saturated rings. The van der Waals surface area contributed by atoms with Crippen LogP contribution in [0.3, 0.4) is 0 Å². The van der Waals surface area contributed by atoms with Crippen LogP contribution in [-0.2, 0) is 28.8 Å². The summed E-state index contributed by atoms with van der Waals surface area (Å²) in [5, 5.41) is 13.4. The molecule has 0 bridgehead atoms. The van der Waals surface area contributed by atoms with Gasteiger partial charge >= 0.3 is 12.1 Å². The molecule has 0 amide bonds. The third-order valence-electron chi connectivity index (χ3n) is 7.39. The van der Waals surface area contributed by atoms with Crippen molar-refractivity contribution in [3.05, 3.63) is 71.9 Å². The van der Waals surface area contributed by atoms with Crippen molar-refractivity contribution >= 4 is 11.8 Å². The molecule has 42 heavy (non-hydrogen) atoms. The summed E-state index contributed by atoms with van der Waals surface area (Å²) in [6.45, 7) is 0.863. The zero-order valence-corrected chi connectivity index (χ0v) is 23.7. The first-order valence-electron chi connectivity index (χ1n) is 14.4. The van der Waals surface area contributed by atoms with Gasteiger partial charge in [-0.25, -0.2) is 15.0 Å². The molecule has 0 aliphatic carbocycles. The molecule has 1 atom stereocenters. The number of alkyl halides is 3. The van der Waals surface area contributed by atoms with Crippen LogP contribution in [0.15, 0.2) is 55.0 Å². The maximum atomic E-state index is 12.6. The van der Waals surface area contributed by atoms with Crippen molar-refractivity contribution < 1.29 is 27.8 Å². The van der Waals surface area contributed by atoms with Gasteiger partial charge in [0, 0.05) is 37.0 Å². The van der Waals surface area contributed by atoms with Crippen LogP contribution < -0.4 is 5.32 Å². The number of nitrogens with zero attached hydrogens (tertiary/aromatic N) is 4. The normalized spacial score (nSPS) is 13.9. The Bertz CT molecular complexity index is 1280. The minimum absolute atomic E-state index is 0.0840.